The molecule has 1 atom stereocenters. The lowest BCUT2D eigenvalue weighted by Crippen LogP contribution is -2.31. The molecule has 1 fully saturated rings. The summed E-state index contributed by atoms with van der Waals surface area (Å²) in [6.45, 7) is 1.55. The lowest BCUT2D eigenvalue weighted by molar-refractivity contribution is -0.144. The van der Waals surface area contributed by atoms with Crippen LogP contribution in [0.15, 0.2) is 6.07 Å². The number of aromatic nitrogens is 2. The number of nitrogens with zero attached hydrogens (tertiary/aromatic N) is 3. The minimum absolute atomic E-state index is 0.104. The van der Waals surface area contributed by atoms with Gasteiger partial charge in [-0.15, -0.1) is 0 Å². The zero-order valence-electron chi connectivity index (χ0n) is 10.3. The number of likely N-dealkylation sites (tertiary alicyclic amines) is 1. The van der Waals surface area contributed by atoms with Crippen LogP contribution < -0.4 is 5.32 Å². The maximum Gasteiger partial charge on any atom is 0.451 e. The predicted molar refractivity (Wildman–Crippen MR) is 66.2 cm³/mol. The van der Waals surface area contributed by atoms with Crippen LogP contribution in [0.2, 0.25) is 5.15 Å². The summed E-state index contributed by atoms with van der Waals surface area (Å²) in [5.41, 5.74) is 0. The molecule has 0 spiro atoms. The number of hydrogen-bond donors (Lipinski definition) is 1. The molecule has 1 aromatic heterocycles. The maximum atomic E-state index is 12.5. The van der Waals surface area contributed by atoms with Crippen LogP contribution in [-0.2, 0) is 6.18 Å². The predicted octanol–water partition coefficient (Wildman–Crippen LogP) is 2.65. The zero-order valence-corrected chi connectivity index (χ0v) is 11.1. The summed E-state index contributed by atoms with van der Waals surface area (Å²) >= 11 is 5.58. The average molecular weight is 295 g/mol. The van der Waals surface area contributed by atoms with Crippen molar-refractivity contribution in [1.82, 2.24) is 14.9 Å². The Morgan fingerprint density at radius 2 is 2.21 bits per heavy atom. The Labute approximate surface area is 114 Å². The van der Waals surface area contributed by atoms with Crippen molar-refractivity contribution < 1.29 is 13.2 Å². The van der Waals surface area contributed by atoms with Crippen LogP contribution in [0.25, 0.3) is 0 Å². The summed E-state index contributed by atoms with van der Waals surface area (Å²) in [5, 5.41) is 2.68. The highest BCUT2D eigenvalue weighted by molar-refractivity contribution is 6.29. The summed E-state index contributed by atoms with van der Waals surface area (Å²) in [5.74, 6) is -1.12. The summed E-state index contributed by atoms with van der Waals surface area (Å²) in [6.07, 6.45) is -2.47. The van der Waals surface area contributed by atoms with Crippen LogP contribution in [0.3, 0.4) is 0 Å². The van der Waals surface area contributed by atoms with E-state index in [1.807, 2.05) is 7.05 Å². The fourth-order valence-electron chi connectivity index (χ4n) is 2.09. The first kappa shape index (κ1) is 14.3. The molecule has 1 aliphatic rings. The summed E-state index contributed by atoms with van der Waals surface area (Å²) in [4.78, 5) is 8.79. The van der Waals surface area contributed by atoms with Gasteiger partial charge in [-0.1, -0.05) is 11.6 Å². The number of anilines is 1. The second-order valence-corrected chi connectivity index (χ2v) is 4.94. The Kier molecular flexibility index (Phi) is 4.15. The van der Waals surface area contributed by atoms with E-state index in [9.17, 15) is 13.2 Å². The number of halogens is 4. The van der Waals surface area contributed by atoms with E-state index in [0.29, 0.717) is 12.6 Å². The summed E-state index contributed by atoms with van der Waals surface area (Å²) in [7, 11) is 1.99. The van der Waals surface area contributed by atoms with Gasteiger partial charge >= 0.3 is 6.18 Å². The van der Waals surface area contributed by atoms with Gasteiger partial charge in [0.25, 0.3) is 0 Å². The van der Waals surface area contributed by atoms with Crippen LogP contribution in [0.4, 0.5) is 19.0 Å². The lowest BCUT2D eigenvalue weighted by Gasteiger charge is -2.20. The van der Waals surface area contributed by atoms with E-state index in [0.717, 1.165) is 19.4 Å². The Morgan fingerprint density at radius 3 is 2.79 bits per heavy atom. The highest BCUT2D eigenvalue weighted by Crippen LogP contribution is 2.28. The SMILES string of the molecule is CN1CCCC1CNc1cc(Cl)nc(C(F)(F)F)n1. The minimum Gasteiger partial charge on any atom is -0.368 e. The van der Waals surface area contributed by atoms with Gasteiger partial charge in [-0.25, -0.2) is 9.97 Å². The average Bonchev–Trinajstić information content (AvgIpc) is 2.70. The highest BCUT2D eigenvalue weighted by Gasteiger charge is 2.35. The van der Waals surface area contributed by atoms with Crippen molar-refractivity contribution in [2.45, 2.75) is 25.1 Å². The molecule has 1 saturated heterocycles. The monoisotopic (exact) mass is 294 g/mol. The molecule has 1 aromatic rings. The molecule has 0 aliphatic carbocycles. The number of alkyl halides is 3. The van der Waals surface area contributed by atoms with Crippen LogP contribution in [0.1, 0.15) is 18.7 Å². The van der Waals surface area contributed by atoms with E-state index in [4.69, 9.17) is 11.6 Å². The first-order valence-corrected chi connectivity index (χ1v) is 6.30. The molecule has 1 N–H and O–H groups in total. The van der Waals surface area contributed by atoms with Crippen molar-refractivity contribution in [3.8, 4) is 0 Å². The molecular formula is C11H14ClF3N4. The molecule has 0 radical (unpaired) electrons. The maximum absolute atomic E-state index is 12.5. The Balaban J connectivity index is 2.06. The molecular weight excluding hydrogens is 281 g/mol. The van der Waals surface area contributed by atoms with Gasteiger partial charge in [0.05, 0.1) is 0 Å². The Bertz CT molecular complexity index is 452. The van der Waals surface area contributed by atoms with Gasteiger partial charge in [0.15, 0.2) is 0 Å². The molecule has 0 saturated carbocycles. The Hall–Kier alpha value is -1.08. The summed E-state index contributed by atoms with van der Waals surface area (Å²) < 4.78 is 37.6. The van der Waals surface area contributed by atoms with E-state index < -0.39 is 12.0 Å². The number of likely N-dealkylation sites (N-methyl/N-ethyl adjacent to an activating group) is 1. The molecule has 0 bridgehead atoms. The van der Waals surface area contributed by atoms with Crippen molar-refractivity contribution in [3.05, 3.63) is 17.0 Å². The van der Waals surface area contributed by atoms with E-state index >= 15 is 0 Å². The molecule has 106 valence electrons. The van der Waals surface area contributed by atoms with Gasteiger partial charge in [0.1, 0.15) is 11.0 Å². The van der Waals surface area contributed by atoms with Gasteiger partial charge in [0.2, 0.25) is 5.82 Å². The lowest BCUT2D eigenvalue weighted by atomic mass is 10.2. The van der Waals surface area contributed by atoms with Crippen molar-refractivity contribution in [1.29, 1.82) is 0 Å². The highest BCUT2D eigenvalue weighted by atomic mass is 35.5. The van der Waals surface area contributed by atoms with Gasteiger partial charge in [-0.05, 0) is 26.4 Å². The van der Waals surface area contributed by atoms with Crippen LogP contribution in [0, 0.1) is 0 Å². The van der Waals surface area contributed by atoms with Gasteiger partial charge in [-0.2, -0.15) is 13.2 Å². The molecule has 1 aliphatic heterocycles. The molecule has 19 heavy (non-hydrogen) atoms. The molecule has 0 aromatic carbocycles. The second-order valence-electron chi connectivity index (χ2n) is 4.55. The third-order valence-electron chi connectivity index (χ3n) is 3.14. The van der Waals surface area contributed by atoms with Crippen molar-refractivity contribution >= 4 is 17.4 Å². The fraction of sp³-hybridized carbons (Fsp3) is 0.636. The zero-order chi connectivity index (χ0) is 14.0. The second kappa shape index (κ2) is 5.50. The van der Waals surface area contributed by atoms with Crippen molar-refractivity contribution in [3.63, 3.8) is 0 Å². The normalized spacial score (nSPS) is 20.8. The van der Waals surface area contributed by atoms with E-state index in [1.165, 1.54) is 6.07 Å². The largest absolute Gasteiger partial charge is 0.451 e. The quantitative estimate of drug-likeness (QED) is 0.870. The smallest absolute Gasteiger partial charge is 0.368 e. The van der Waals surface area contributed by atoms with Gasteiger partial charge in [0, 0.05) is 18.7 Å². The van der Waals surface area contributed by atoms with E-state index in [1.54, 1.807) is 0 Å². The van der Waals surface area contributed by atoms with Crippen molar-refractivity contribution in [2.24, 2.45) is 0 Å². The first-order valence-electron chi connectivity index (χ1n) is 5.92. The van der Waals surface area contributed by atoms with E-state index in [2.05, 4.69) is 20.2 Å². The standard InChI is InChI=1S/C11H14ClF3N4/c1-19-4-2-3-7(19)6-16-9-5-8(12)17-10(18-9)11(13,14)15/h5,7H,2-4,6H2,1H3,(H,16,17,18). The first-order chi connectivity index (χ1) is 8.86. The number of hydrogen-bond acceptors (Lipinski definition) is 4. The third-order valence-corrected chi connectivity index (χ3v) is 3.33. The van der Waals surface area contributed by atoms with Gasteiger partial charge < -0.3 is 10.2 Å². The van der Waals surface area contributed by atoms with Crippen LogP contribution in [0.5, 0.6) is 0 Å². The molecule has 0 amide bonds. The minimum atomic E-state index is -4.59. The molecule has 8 heteroatoms. The fourth-order valence-corrected chi connectivity index (χ4v) is 2.28. The van der Waals surface area contributed by atoms with E-state index in [-0.39, 0.29) is 11.0 Å². The number of rotatable bonds is 3. The van der Waals surface area contributed by atoms with Crippen LogP contribution in [-0.4, -0.2) is 41.0 Å². The Morgan fingerprint density at radius 1 is 1.47 bits per heavy atom. The molecule has 2 rings (SSSR count). The number of nitrogens with one attached hydrogen (secondary N) is 1. The molecule has 4 nitrogen and oxygen atoms in total. The van der Waals surface area contributed by atoms with Crippen LogP contribution >= 0.6 is 11.6 Å². The third kappa shape index (κ3) is 3.70. The molecule has 2 heterocycles. The summed E-state index contributed by atoms with van der Waals surface area (Å²) in [6, 6.07) is 1.61. The molecule has 1 unspecified atom stereocenters. The van der Waals surface area contributed by atoms with Crippen molar-refractivity contribution in [2.75, 3.05) is 25.5 Å². The topological polar surface area (TPSA) is 41.0 Å². The van der Waals surface area contributed by atoms with Gasteiger partial charge in [-0.3, -0.25) is 0 Å².